The number of aliphatic hydroxyl groups is 3. The van der Waals surface area contributed by atoms with Crippen molar-refractivity contribution in [2.45, 2.75) is 39.4 Å². The van der Waals surface area contributed by atoms with Gasteiger partial charge in [-0.25, -0.2) is 0 Å². The fourth-order valence-electron chi connectivity index (χ4n) is 0. The molecule has 3 N–H and O–H groups in total. The van der Waals surface area contributed by atoms with E-state index < -0.39 is 24.1 Å². The number of aliphatic carboxylic acids is 2. The van der Waals surface area contributed by atoms with Gasteiger partial charge in [-0.3, -0.25) is 0 Å². The smallest absolute Gasteiger partial charge is 0.547 e. The van der Waals surface area contributed by atoms with Gasteiger partial charge < -0.3 is 35.1 Å². The molecule has 0 aromatic rings. The van der Waals surface area contributed by atoms with Crippen molar-refractivity contribution >= 4 is 11.9 Å². The minimum absolute atomic E-state index is 0. The Kier molecular flexibility index (Phi) is 26.8. The largest absolute Gasteiger partial charge is 2.00 e. The van der Waals surface area contributed by atoms with Gasteiger partial charge in [0.1, 0.15) is 0 Å². The van der Waals surface area contributed by atoms with Crippen molar-refractivity contribution in [2.75, 3.05) is 6.61 Å². The van der Waals surface area contributed by atoms with Crippen LogP contribution in [0.15, 0.2) is 0 Å². The molecule has 0 aliphatic rings. The molecular formula is C9H18O7Ti. The zero-order chi connectivity index (χ0) is 13.7. The van der Waals surface area contributed by atoms with Gasteiger partial charge >= 0.3 is 21.7 Å². The van der Waals surface area contributed by atoms with Crippen LogP contribution in [0.5, 0.6) is 0 Å². The average molecular weight is 286 g/mol. The van der Waals surface area contributed by atoms with Crippen LogP contribution in [-0.2, 0) is 31.3 Å². The molecule has 0 aromatic heterocycles. The first-order valence-corrected chi connectivity index (χ1v) is 4.59. The zero-order valence-electron chi connectivity index (χ0n) is 10.0. The molecule has 100 valence electrons. The van der Waals surface area contributed by atoms with Gasteiger partial charge in [-0.2, -0.15) is 0 Å². The van der Waals surface area contributed by atoms with Crippen LogP contribution in [0.25, 0.3) is 0 Å². The fourth-order valence-corrected chi connectivity index (χ4v) is 0. The van der Waals surface area contributed by atoms with Gasteiger partial charge in [0.25, 0.3) is 0 Å². The Balaban J connectivity index is -0.0000000741. The summed E-state index contributed by atoms with van der Waals surface area (Å²) in [6.45, 7) is 4.52. The van der Waals surface area contributed by atoms with Crippen LogP contribution in [-0.4, -0.2) is 46.1 Å². The first-order chi connectivity index (χ1) is 7.20. The van der Waals surface area contributed by atoms with E-state index in [2.05, 4.69) is 0 Å². The summed E-state index contributed by atoms with van der Waals surface area (Å²) in [4.78, 5) is 18.7. The molecule has 17 heavy (non-hydrogen) atoms. The maximum atomic E-state index is 9.34. The van der Waals surface area contributed by atoms with Gasteiger partial charge in [-0.15, -0.1) is 0 Å². The summed E-state index contributed by atoms with van der Waals surface area (Å²) in [5, 5.41) is 42.5. The number of hydrogen-bond acceptors (Lipinski definition) is 7. The second kappa shape index (κ2) is 17.9. The molecule has 7 nitrogen and oxygen atoms in total. The predicted octanol–water partition coefficient (Wildman–Crippen LogP) is -3.38. The van der Waals surface area contributed by atoms with Crippen LogP contribution < -0.4 is 10.2 Å². The minimum Gasteiger partial charge on any atom is -0.547 e. The van der Waals surface area contributed by atoms with Crippen molar-refractivity contribution in [3.05, 3.63) is 0 Å². The summed E-state index contributed by atoms with van der Waals surface area (Å²) in [6, 6.07) is 0. The van der Waals surface area contributed by atoms with Gasteiger partial charge in [0, 0.05) is 6.61 Å². The molecule has 0 spiro atoms. The molecule has 2 atom stereocenters. The Morgan fingerprint density at radius 3 is 1.18 bits per heavy atom. The van der Waals surface area contributed by atoms with Crippen molar-refractivity contribution in [3.63, 3.8) is 0 Å². The van der Waals surface area contributed by atoms with Crippen LogP contribution in [0.1, 0.15) is 27.2 Å². The third kappa shape index (κ3) is 39.1. The molecule has 0 bridgehead atoms. The van der Waals surface area contributed by atoms with Crippen molar-refractivity contribution in [1.82, 2.24) is 0 Å². The first-order valence-electron chi connectivity index (χ1n) is 4.59. The van der Waals surface area contributed by atoms with E-state index in [9.17, 15) is 19.8 Å². The molecule has 0 saturated carbocycles. The van der Waals surface area contributed by atoms with E-state index in [1.807, 2.05) is 6.92 Å². The van der Waals surface area contributed by atoms with E-state index >= 15 is 0 Å². The molecule has 0 saturated heterocycles. The van der Waals surface area contributed by atoms with Crippen LogP contribution in [0.3, 0.4) is 0 Å². The monoisotopic (exact) mass is 286 g/mol. The number of carboxylic acids is 2. The molecule has 0 heterocycles. The van der Waals surface area contributed by atoms with Gasteiger partial charge in [0.2, 0.25) is 0 Å². The Labute approximate surface area is 115 Å². The number of aliphatic hydroxyl groups excluding tert-OH is 3. The Hall–Kier alpha value is -0.466. The Morgan fingerprint density at radius 1 is 1.06 bits per heavy atom. The normalized spacial score (nSPS) is 11.4. The fraction of sp³-hybridized carbons (Fsp3) is 0.778. The van der Waals surface area contributed by atoms with Crippen molar-refractivity contribution in [3.8, 4) is 0 Å². The molecule has 0 amide bonds. The quantitative estimate of drug-likeness (QED) is 0.459. The second-order valence-corrected chi connectivity index (χ2v) is 2.71. The van der Waals surface area contributed by atoms with E-state index in [4.69, 9.17) is 15.3 Å². The van der Waals surface area contributed by atoms with Crippen LogP contribution in [0, 0.1) is 0 Å². The van der Waals surface area contributed by atoms with Crippen LogP contribution in [0.4, 0.5) is 0 Å². The van der Waals surface area contributed by atoms with E-state index in [1.165, 1.54) is 0 Å². The van der Waals surface area contributed by atoms with Crippen molar-refractivity contribution < 1.29 is 56.8 Å². The summed E-state index contributed by atoms with van der Waals surface area (Å²) >= 11 is 0. The Morgan fingerprint density at radius 2 is 1.18 bits per heavy atom. The Bertz CT molecular complexity index is 162. The van der Waals surface area contributed by atoms with Gasteiger partial charge in [-0.1, -0.05) is 6.92 Å². The van der Waals surface area contributed by atoms with E-state index in [1.54, 1.807) is 0 Å². The van der Waals surface area contributed by atoms with Gasteiger partial charge in [-0.05, 0) is 20.3 Å². The van der Waals surface area contributed by atoms with Crippen molar-refractivity contribution in [2.24, 2.45) is 0 Å². The molecule has 0 rings (SSSR count). The molecular weight excluding hydrogens is 268 g/mol. The topological polar surface area (TPSA) is 141 Å². The molecule has 8 heteroatoms. The van der Waals surface area contributed by atoms with E-state index in [0.29, 0.717) is 6.61 Å². The van der Waals surface area contributed by atoms with Gasteiger partial charge in [0.15, 0.2) is 0 Å². The minimum atomic E-state index is -1.44. The molecule has 2 unspecified atom stereocenters. The molecule has 0 aliphatic carbocycles. The SMILES string of the molecule is CC(O)C(=O)[O-].CC(O)C(=O)[O-].CCCO.[Ti+2]. The predicted molar refractivity (Wildman–Crippen MR) is 50.8 cm³/mol. The van der Waals surface area contributed by atoms with Crippen LogP contribution >= 0.6 is 0 Å². The number of carbonyl (C=O) groups excluding carboxylic acids is 2. The second-order valence-electron chi connectivity index (χ2n) is 2.71. The third-order valence-electron chi connectivity index (χ3n) is 0.906. The molecule has 0 radical (unpaired) electrons. The zero-order valence-corrected chi connectivity index (χ0v) is 11.6. The summed E-state index contributed by atoms with van der Waals surface area (Å²) in [5.74, 6) is -2.87. The summed E-state index contributed by atoms with van der Waals surface area (Å²) in [7, 11) is 0. The average Bonchev–Trinajstić information content (AvgIpc) is 2.18. The summed E-state index contributed by atoms with van der Waals surface area (Å²) < 4.78 is 0. The van der Waals surface area contributed by atoms with Crippen molar-refractivity contribution in [1.29, 1.82) is 0 Å². The number of hydrogen-bond donors (Lipinski definition) is 3. The third-order valence-corrected chi connectivity index (χ3v) is 0.906. The maximum absolute atomic E-state index is 9.34. The summed E-state index contributed by atoms with van der Waals surface area (Å²) in [5.41, 5.74) is 0. The standard InChI is InChI=1S/2C3H6O3.C3H8O.Ti/c2*1-2(4)3(5)6;1-2-3-4;/h2*2,4H,1H3,(H,5,6);4H,2-3H2,1H3;/q;;;+2/p-2. The molecule has 0 aromatic carbocycles. The number of rotatable bonds is 3. The summed E-state index contributed by atoms with van der Waals surface area (Å²) in [6.07, 6.45) is -1.81. The number of carboxylic acid groups (broad SMARTS) is 2. The molecule has 0 fully saturated rings. The van der Waals surface area contributed by atoms with Gasteiger partial charge in [0.05, 0.1) is 24.1 Å². The van der Waals surface area contributed by atoms with Crippen LogP contribution in [0.2, 0.25) is 0 Å². The van der Waals surface area contributed by atoms with E-state index in [0.717, 1.165) is 20.3 Å². The van der Waals surface area contributed by atoms with E-state index in [-0.39, 0.29) is 21.7 Å². The first kappa shape index (κ1) is 25.4. The molecule has 0 aliphatic heterocycles. The number of carbonyl (C=O) groups is 2. The maximum Gasteiger partial charge on any atom is 2.00 e.